The van der Waals surface area contributed by atoms with Gasteiger partial charge in [-0.15, -0.1) is 5.10 Å². The lowest BCUT2D eigenvalue weighted by atomic mass is 9.99. The molecule has 0 bridgehead atoms. The molecule has 198 valence electrons. The smallest absolute Gasteiger partial charge is 0.306 e. The quantitative estimate of drug-likeness (QED) is 0.452. The topological polar surface area (TPSA) is 160 Å². The standard InChI is InChI=1S/C23H24N6O3.C4H6O2/c24-20(30)18-4-1-2-13-28(18)22(32)16-11-7-14(8-12-16)17-5-3-6-19-25-23(27-29(17)19)26-21(31)15-9-10-15;5-4(6)3-1-2-3/h3,5-8,11-12,15,18H,1-2,4,9-10,13H2,(H2,24,30)(H,26,27,31);3H,1-2H2,(H,5,6). The monoisotopic (exact) mass is 518 g/mol. The van der Waals surface area contributed by atoms with Gasteiger partial charge >= 0.3 is 5.97 Å². The van der Waals surface area contributed by atoms with Crippen LogP contribution in [0.15, 0.2) is 42.5 Å². The average Bonchev–Trinajstić information content (AvgIpc) is 3.84. The van der Waals surface area contributed by atoms with Gasteiger partial charge in [-0.1, -0.05) is 18.2 Å². The van der Waals surface area contributed by atoms with E-state index in [1.165, 1.54) is 0 Å². The van der Waals surface area contributed by atoms with E-state index in [0.717, 1.165) is 49.8 Å². The number of nitrogens with one attached hydrogen (secondary N) is 1. The Morgan fingerprint density at radius 1 is 0.921 bits per heavy atom. The van der Waals surface area contributed by atoms with Crippen LogP contribution in [0.3, 0.4) is 0 Å². The first-order valence-electron chi connectivity index (χ1n) is 12.9. The molecule has 1 aliphatic heterocycles. The molecule has 3 heterocycles. The van der Waals surface area contributed by atoms with Gasteiger partial charge in [-0.3, -0.25) is 24.5 Å². The molecule has 0 radical (unpaired) electrons. The van der Waals surface area contributed by atoms with E-state index in [1.54, 1.807) is 21.5 Å². The third-order valence-electron chi connectivity index (χ3n) is 6.99. The molecule has 1 unspecified atom stereocenters. The highest BCUT2D eigenvalue weighted by Gasteiger charge is 2.32. The second-order valence-corrected chi connectivity index (χ2v) is 9.98. The molecule has 3 amide bonds. The summed E-state index contributed by atoms with van der Waals surface area (Å²) in [6.45, 7) is 0.530. The number of benzene rings is 1. The number of aliphatic carboxylic acids is 1. The largest absolute Gasteiger partial charge is 0.481 e. The van der Waals surface area contributed by atoms with Gasteiger partial charge in [0.1, 0.15) is 6.04 Å². The minimum atomic E-state index is -0.630. The summed E-state index contributed by atoms with van der Waals surface area (Å²) in [4.78, 5) is 52.5. The van der Waals surface area contributed by atoms with Crippen LogP contribution in [0.4, 0.5) is 5.95 Å². The number of pyridine rings is 1. The Morgan fingerprint density at radius 2 is 1.63 bits per heavy atom. The third kappa shape index (κ3) is 5.66. The Kier molecular flexibility index (Phi) is 7.08. The number of carbonyl (C=O) groups excluding carboxylic acids is 3. The zero-order valence-corrected chi connectivity index (χ0v) is 20.9. The number of fused-ring (bicyclic) bond motifs is 1. The van der Waals surface area contributed by atoms with Gasteiger partial charge < -0.3 is 15.7 Å². The molecule has 0 spiro atoms. The lowest BCUT2D eigenvalue weighted by Crippen LogP contribution is -2.50. The molecule has 1 saturated heterocycles. The highest BCUT2D eigenvalue weighted by Crippen LogP contribution is 2.30. The molecule has 2 saturated carbocycles. The SMILES string of the molecule is NC(=O)C1CCCCN1C(=O)c1ccc(-c2cccc3nc(NC(=O)C4CC4)nn23)cc1.O=C(O)C1CC1. The van der Waals surface area contributed by atoms with Gasteiger partial charge in [0.2, 0.25) is 17.8 Å². The molecule has 1 aromatic carbocycles. The highest BCUT2D eigenvalue weighted by atomic mass is 16.4. The second-order valence-electron chi connectivity index (χ2n) is 9.98. The fourth-order valence-corrected chi connectivity index (χ4v) is 4.48. The van der Waals surface area contributed by atoms with E-state index >= 15 is 0 Å². The maximum Gasteiger partial charge on any atom is 0.306 e. The summed E-state index contributed by atoms with van der Waals surface area (Å²) >= 11 is 0. The van der Waals surface area contributed by atoms with Crippen molar-refractivity contribution >= 4 is 35.3 Å². The minimum absolute atomic E-state index is 0.0185. The number of piperidine rings is 1. The van der Waals surface area contributed by atoms with Crippen molar-refractivity contribution in [3.63, 3.8) is 0 Å². The maximum absolute atomic E-state index is 13.0. The van der Waals surface area contributed by atoms with Crippen molar-refractivity contribution in [3.05, 3.63) is 48.0 Å². The molecular weight excluding hydrogens is 488 g/mol. The highest BCUT2D eigenvalue weighted by molar-refractivity contribution is 5.98. The molecular formula is C27H30N6O5. The number of amides is 3. The molecule has 4 N–H and O–H groups in total. The summed E-state index contributed by atoms with van der Waals surface area (Å²) in [5.74, 6) is -0.956. The Morgan fingerprint density at radius 3 is 2.24 bits per heavy atom. The zero-order valence-electron chi connectivity index (χ0n) is 20.9. The number of primary amides is 1. The number of aromatic nitrogens is 3. The Labute approximate surface area is 219 Å². The van der Waals surface area contributed by atoms with Gasteiger partial charge in [0.05, 0.1) is 11.6 Å². The molecule has 2 aromatic heterocycles. The number of nitrogens with zero attached hydrogens (tertiary/aromatic N) is 4. The molecule has 6 rings (SSSR count). The number of hydrogen-bond acceptors (Lipinski definition) is 6. The van der Waals surface area contributed by atoms with Crippen molar-refractivity contribution in [1.29, 1.82) is 0 Å². The summed E-state index contributed by atoms with van der Waals surface area (Å²) in [5.41, 5.74) is 8.26. The third-order valence-corrected chi connectivity index (χ3v) is 6.99. The van der Waals surface area contributed by atoms with Gasteiger partial charge in [-0.25, -0.2) is 4.52 Å². The fourth-order valence-electron chi connectivity index (χ4n) is 4.48. The maximum atomic E-state index is 13.0. The van der Waals surface area contributed by atoms with Crippen LogP contribution in [0.25, 0.3) is 16.9 Å². The van der Waals surface area contributed by atoms with E-state index in [1.807, 2.05) is 30.3 Å². The summed E-state index contributed by atoms with van der Waals surface area (Å²) in [6, 6.07) is 12.2. The Bertz CT molecular complexity index is 1380. The number of likely N-dealkylation sites (tertiary alicyclic amines) is 1. The number of carbonyl (C=O) groups is 4. The van der Waals surface area contributed by atoms with E-state index in [2.05, 4.69) is 15.4 Å². The van der Waals surface area contributed by atoms with Crippen LogP contribution in [-0.4, -0.2) is 60.9 Å². The number of carboxylic acid groups (broad SMARTS) is 1. The van der Waals surface area contributed by atoms with E-state index in [4.69, 9.17) is 10.8 Å². The first-order chi connectivity index (χ1) is 18.3. The van der Waals surface area contributed by atoms with Gasteiger partial charge in [-0.2, -0.15) is 4.98 Å². The molecule has 1 atom stereocenters. The van der Waals surface area contributed by atoms with E-state index in [9.17, 15) is 19.2 Å². The number of hydrogen-bond donors (Lipinski definition) is 3. The number of nitrogens with two attached hydrogens (primary N) is 1. The summed E-state index contributed by atoms with van der Waals surface area (Å²) in [6.07, 6.45) is 5.97. The summed E-state index contributed by atoms with van der Waals surface area (Å²) < 4.78 is 1.67. The normalized spacial score (nSPS) is 18.8. The molecule has 3 aliphatic rings. The minimum Gasteiger partial charge on any atom is -0.481 e. The number of carboxylic acids is 1. The Hall–Kier alpha value is -4.28. The first-order valence-corrected chi connectivity index (χ1v) is 12.9. The molecule has 11 heteroatoms. The van der Waals surface area contributed by atoms with E-state index in [-0.39, 0.29) is 29.6 Å². The van der Waals surface area contributed by atoms with E-state index < -0.39 is 17.9 Å². The molecule has 3 fully saturated rings. The van der Waals surface area contributed by atoms with Crippen molar-refractivity contribution in [2.45, 2.75) is 51.0 Å². The van der Waals surface area contributed by atoms with Gasteiger partial charge in [0.25, 0.3) is 5.91 Å². The lowest BCUT2D eigenvalue weighted by Gasteiger charge is -2.33. The van der Waals surface area contributed by atoms with Crippen LogP contribution in [-0.2, 0) is 14.4 Å². The van der Waals surface area contributed by atoms with Crippen LogP contribution < -0.4 is 11.1 Å². The van der Waals surface area contributed by atoms with Crippen LogP contribution in [0.1, 0.15) is 55.3 Å². The van der Waals surface area contributed by atoms with E-state index in [0.29, 0.717) is 24.2 Å². The van der Waals surface area contributed by atoms with Crippen molar-refractivity contribution in [2.24, 2.45) is 17.6 Å². The van der Waals surface area contributed by atoms with Gasteiger partial charge in [-0.05, 0) is 69.2 Å². The van der Waals surface area contributed by atoms with Crippen molar-refractivity contribution < 1.29 is 24.3 Å². The first kappa shape index (κ1) is 25.4. The van der Waals surface area contributed by atoms with Crippen molar-refractivity contribution in [1.82, 2.24) is 19.5 Å². The van der Waals surface area contributed by atoms with Crippen molar-refractivity contribution in [3.8, 4) is 11.3 Å². The number of anilines is 1. The lowest BCUT2D eigenvalue weighted by molar-refractivity contribution is -0.138. The summed E-state index contributed by atoms with van der Waals surface area (Å²) in [7, 11) is 0. The fraction of sp³-hybridized carbons (Fsp3) is 0.407. The predicted octanol–water partition coefficient (Wildman–Crippen LogP) is 2.71. The van der Waals surface area contributed by atoms with Crippen LogP contribution >= 0.6 is 0 Å². The van der Waals surface area contributed by atoms with Crippen LogP contribution in [0.5, 0.6) is 0 Å². The molecule has 11 nitrogen and oxygen atoms in total. The second kappa shape index (κ2) is 10.6. The predicted molar refractivity (Wildman–Crippen MR) is 138 cm³/mol. The average molecular weight is 519 g/mol. The molecule has 3 aromatic rings. The van der Waals surface area contributed by atoms with Gasteiger partial charge in [0.15, 0.2) is 5.65 Å². The molecule has 38 heavy (non-hydrogen) atoms. The van der Waals surface area contributed by atoms with Crippen LogP contribution in [0, 0.1) is 11.8 Å². The Balaban J connectivity index is 0.000000433. The summed E-state index contributed by atoms with van der Waals surface area (Å²) in [5, 5.41) is 15.3. The van der Waals surface area contributed by atoms with Crippen molar-refractivity contribution in [2.75, 3.05) is 11.9 Å². The van der Waals surface area contributed by atoms with Gasteiger partial charge in [0, 0.05) is 23.6 Å². The molecule has 2 aliphatic carbocycles. The zero-order chi connectivity index (χ0) is 26.8. The number of rotatable bonds is 6. The van der Waals surface area contributed by atoms with Crippen LogP contribution in [0.2, 0.25) is 0 Å².